The molecule has 0 radical (unpaired) electrons. The van der Waals surface area contributed by atoms with Crippen LogP contribution in [0.2, 0.25) is 0 Å². The molecule has 0 aliphatic rings. The second-order valence-corrected chi connectivity index (χ2v) is 7.34. The standard InChI is InChI=1S/C14H23NO3S/c1-5-14(3,4)10-15-19(17,18)13-8-12(9-16)7-6-11(13)2/h6-8,15-16H,5,9-10H2,1-4H3. The van der Waals surface area contributed by atoms with Crippen molar-refractivity contribution in [2.24, 2.45) is 5.41 Å². The van der Waals surface area contributed by atoms with Crippen molar-refractivity contribution in [1.29, 1.82) is 0 Å². The maximum absolute atomic E-state index is 12.3. The lowest BCUT2D eigenvalue weighted by atomic mass is 9.91. The number of aliphatic hydroxyl groups is 1. The summed E-state index contributed by atoms with van der Waals surface area (Å²) in [7, 11) is -3.53. The third kappa shape index (κ3) is 4.30. The minimum Gasteiger partial charge on any atom is -0.392 e. The maximum atomic E-state index is 12.3. The van der Waals surface area contributed by atoms with Crippen molar-refractivity contribution in [3.8, 4) is 0 Å². The molecule has 0 aliphatic carbocycles. The van der Waals surface area contributed by atoms with E-state index in [0.29, 0.717) is 17.7 Å². The summed E-state index contributed by atoms with van der Waals surface area (Å²) in [5.41, 5.74) is 1.20. The van der Waals surface area contributed by atoms with Crippen molar-refractivity contribution in [2.45, 2.75) is 45.6 Å². The fraction of sp³-hybridized carbons (Fsp3) is 0.571. The molecule has 5 heteroatoms. The molecule has 0 bridgehead atoms. The Kier molecular flexibility index (Phi) is 5.12. The average molecular weight is 285 g/mol. The number of nitrogens with one attached hydrogen (secondary N) is 1. The Hall–Kier alpha value is -0.910. The van der Waals surface area contributed by atoms with Crippen LogP contribution in [0, 0.1) is 12.3 Å². The molecule has 0 fully saturated rings. The van der Waals surface area contributed by atoms with Crippen LogP contribution in [0.4, 0.5) is 0 Å². The smallest absolute Gasteiger partial charge is 0.240 e. The van der Waals surface area contributed by atoms with Crippen molar-refractivity contribution in [1.82, 2.24) is 4.72 Å². The average Bonchev–Trinajstić information content (AvgIpc) is 2.37. The van der Waals surface area contributed by atoms with Gasteiger partial charge in [0, 0.05) is 6.54 Å². The van der Waals surface area contributed by atoms with Gasteiger partial charge in [0.05, 0.1) is 11.5 Å². The minimum atomic E-state index is -3.53. The Morgan fingerprint density at radius 3 is 2.47 bits per heavy atom. The molecular formula is C14H23NO3S. The van der Waals surface area contributed by atoms with Crippen LogP contribution in [-0.2, 0) is 16.6 Å². The Labute approximate surface area is 115 Å². The SMILES string of the molecule is CCC(C)(C)CNS(=O)(=O)c1cc(CO)ccc1C. The van der Waals surface area contributed by atoms with Gasteiger partial charge in [-0.05, 0) is 36.0 Å². The van der Waals surface area contributed by atoms with Crippen molar-refractivity contribution in [3.05, 3.63) is 29.3 Å². The number of benzene rings is 1. The Bertz CT molecular complexity index is 536. The van der Waals surface area contributed by atoms with Gasteiger partial charge in [-0.15, -0.1) is 0 Å². The summed E-state index contributed by atoms with van der Waals surface area (Å²) in [6.07, 6.45) is 0.894. The van der Waals surface area contributed by atoms with E-state index in [-0.39, 0.29) is 16.9 Å². The molecule has 0 saturated carbocycles. The zero-order valence-corrected chi connectivity index (χ0v) is 12.8. The van der Waals surface area contributed by atoms with Crippen LogP contribution in [-0.4, -0.2) is 20.1 Å². The van der Waals surface area contributed by atoms with E-state index in [1.54, 1.807) is 19.1 Å². The lowest BCUT2D eigenvalue weighted by molar-refractivity contribution is 0.281. The second kappa shape index (κ2) is 6.03. The van der Waals surface area contributed by atoms with Gasteiger partial charge >= 0.3 is 0 Å². The highest BCUT2D eigenvalue weighted by molar-refractivity contribution is 7.89. The number of hydrogen-bond donors (Lipinski definition) is 2. The van der Waals surface area contributed by atoms with Crippen LogP contribution in [0.5, 0.6) is 0 Å². The Morgan fingerprint density at radius 1 is 1.32 bits per heavy atom. The van der Waals surface area contributed by atoms with E-state index in [0.717, 1.165) is 6.42 Å². The topological polar surface area (TPSA) is 66.4 Å². The van der Waals surface area contributed by atoms with Gasteiger partial charge in [0.15, 0.2) is 0 Å². The molecule has 19 heavy (non-hydrogen) atoms. The molecule has 4 nitrogen and oxygen atoms in total. The summed E-state index contributed by atoms with van der Waals surface area (Å²) in [6, 6.07) is 4.96. The molecule has 1 rings (SSSR count). The predicted molar refractivity (Wildman–Crippen MR) is 76.4 cm³/mol. The van der Waals surface area contributed by atoms with Crippen molar-refractivity contribution < 1.29 is 13.5 Å². The molecule has 0 aliphatic heterocycles. The maximum Gasteiger partial charge on any atom is 0.240 e. The van der Waals surface area contributed by atoms with E-state index in [2.05, 4.69) is 4.72 Å². The third-order valence-corrected chi connectivity index (χ3v) is 4.97. The number of aliphatic hydroxyl groups excluding tert-OH is 1. The summed E-state index contributed by atoms with van der Waals surface area (Å²) in [5.74, 6) is 0. The predicted octanol–water partition coefficient (Wildman–Crippen LogP) is 2.20. The zero-order valence-electron chi connectivity index (χ0n) is 12.0. The Balaban J connectivity index is 3.00. The van der Waals surface area contributed by atoms with E-state index < -0.39 is 10.0 Å². The van der Waals surface area contributed by atoms with Crippen LogP contribution < -0.4 is 4.72 Å². The van der Waals surface area contributed by atoms with Gasteiger partial charge in [0.2, 0.25) is 10.0 Å². The summed E-state index contributed by atoms with van der Waals surface area (Å²) in [5, 5.41) is 9.10. The van der Waals surface area contributed by atoms with Crippen LogP contribution in [0.15, 0.2) is 23.1 Å². The fourth-order valence-corrected chi connectivity index (χ4v) is 3.06. The highest BCUT2D eigenvalue weighted by Crippen LogP contribution is 2.21. The molecule has 0 amide bonds. The largest absolute Gasteiger partial charge is 0.392 e. The van der Waals surface area contributed by atoms with E-state index in [1.165, 1.54) is 6.07 Å². The lowest BCUT2D eigenvalue weighted by Crippen LogP contribution is -2.34. The number of sulfonamides is 1. The summed E-state index contributed by atoms with van der Waals surface area (Å²) >= 11 is 0. The van der Waals surface area contributed by atoms with Gasteiger partial charge in [-0.25, -0.2) is 13.1 Å². The van der Waals surface area contributed by atoms with Crippen LogP contribution >= 0.6 is 0 Å². The highest BCUT2D eigenvalue weighted by atomic mass is 32.2. The number of hydrogen-bond acceptors (Lipinski definition) is 3. The first kappa shape index (κ1) is 16.1. The van der Waals surface area contributed by atoms with Gasteiger partial charge < -0.3 is 5.11 Å². The first-order valence-electron chi connectivity index (χ1n) is 6.42. The molecule has 0 aromatic heterocycles. The minimum absolute atomic E-state index is 0.0738. The molecule has 1 aromatic rings. The molecule has 0 heterocycles. The van der Waals surface area contributed by atoms with Gasteiger partial charge in [0.1, 0.15) is 0 Å². The summed E-state index contributed by atoms with van der Waals surface area (Å²) in [6.45, 7) is 8.06. The zero-order chi connectivity index (χ0) is 14.7. The van der Waals surface area contributed by atoms with Crippen molar-refractivity contribution in [3.63, 3.8) is 0 Å². The van der Waals surface area contributed by atoms with Gasteiger partial charge in [-0.1, -0.05) is 32.9 Å². The van der Waals surface area contributed by atoms with Gasteiger partial charge in [-0.2, -0.15) is 0 Å². The first-order valence-corrected chi connectivity index (χ1v) is 7.90. The summed E-state index contributed by atoms with van der Waals surface area (Å²) < 4.78 is 27.2. The lowest BCUT2D eigenvalue weighted by Gasteiger charge is -2.23. The summed E-state index contributed by atoms with van der Waals surface area (Å²) in [4.78, 5) is 0.242. The molecule has 108 valence electrons. The third-order valence-electron chi connectivity index (χ3n) is 3.42. The van der Waals surface area contributed by atoms with E-state index in [4.69, 9.17) is 5.11 Å². The molecular weight excluding hydrogens is 262 g/mol. The molecule has 2 N–H and O–H groups in total. The fourth-order valence-electron chi connectivity index (χ4n) is 1.53. The van der Waals surface area contributed by atoms with Crippen molar-refractivity contribution in [2.75, 3.05) is 6.54 Å². The van der Waals surface area contributed by atoms with Crippen molar-refractivity contribution >= 4 is 10.0 Å². The molecule has 0 spiro atoms. The second-order valence-electron chi connectivity index (χ2n) is 5.60. The normalized spacial score (nSPS) is 12.7. The van der Waals surface area contributed by atoms with E-state index >= 15 is 0 Å². The van der Waals surface area contributed by atoms with E-state index in [9.17, 15) is 8.42 Å². The van der Waals surface area contributed by atoms with E-state index in [1.807, 2.05) is 20.8 Å². The number of aryl methyl sites for hydroxylation is 1. The first-order chi connectivity index (χ1) is 8.72. The molecule has 0 saturated heterocycles. The Morgan fingerprint density at radius 2 is 1.95 bits per heavy atom. The molecule has 0 atom stereocenters. The highest BCUT2D eigenvalue weighted by Gasteiger charge is 2.22. The molecule has 0 unspecified atom stereocenters. The number of rotatable bonds is 6. The quantitative estimate of drug-likeness (QED) is 0.842. The van der Waals surface area contributed by atoms with Crippen LogP contribution in [0.1, 0.15) is 38.3 Å². The van der Waals surface area contributed by atoms with Gasteiger partial charge in [-0.3, -0.25) is 0 Å². The monoisotopic (exact) mass is 285 g/mol. The van der Waals surface area contributed by atoms with Crippen LogP contribution in [0.3, 0.4) is 0 Å². The van der Waals surface area contributed by atoms with Gasteiger partial charge in [0.25, 0.3) is 0 Å². The molecule has 1 aromatic carbocycles. The van der Waals surface area contributed by atoms with Crippen LogP contribution in [0.25, 0.3) is 0 Å².